The topological polar surface area (TPSA) is 58.9 Å². The second-order valence-electron chi connectivity index (χ2n) is 5.28. The van der Waals surface area contributed by atoms with Gasteiger partial charge in [-0.05, 0) is 40.0 Å². The first-order valence-electron chi connectivity index (χ1n) is 6.07. The summed E-state index contributed by atoms with van der Waals surface area (Å²) < 4.78 is 0. The highest BCUT2D eigenvalue weighted by atomic mass is 16.1. The molecular formula is C13H22N2O2. The van der Waals surface area contributed by atoms with E-state index in [0.29, 0.717) is 0 Å². The van der Waals surface area contributed by atoms with Crippen molar-refractivity contribution in [2.45, 2.75) is 70.9 Å². The molecule has 0 amide bonds. The molecule has 96 valence electrons. The lowest BCUT2D eigenvalue weighted by molar-refractivity contribution is 0.376. The number of hydrogen-bond donors (Lipinski definition) is 0. The van der Waals surface area contributed by atoms with Crippen molar-refractivity contribution in [1.82, 2.24) is 0 Å². The van der Waals surface area contributed by atoms with Crippen LogP contribution in [-0.4, -0.2) is 23.2 Å². The maximum Gasteiger partial charge on any atom is 0.235 e. The van der Waals surface area contributed by atoms with Crippen molar-refractivity contribution >= 4 is 12.2 Å². The molecule has 0 aromatic carbocycles. The lowest BCUT2D eigenvalue weighted by atomic mass is 9.90. The second-order valence-corrected chi connectivity index (χ2v) is 5.28. The van der Waals surface area contributed by atoms with E-state index in [9.17, 15) is 9.59 Å². The predicted molar refractivity (Wildman–Crippen MR) is 67.5 cm³/mol. The molecule has 17 heavy (non-hydrogen) atoms. The highest BCUT2D eigenvalue weighted by Gasteiger charge is 2.21. The highest BCUT2D eigenvalue weighted by Crippen LogP contribution is 2.24. The minimum atomic E-state index is -0.335. The van der Waals surface area contributed by atoms with Crippen molar-refractivity contribution < 1.29 is 9.59 Å². The molecule has 0 aliphatic rings. The molecule has 0 N–H and O–H groups in total. The van der Waals surface area contributed by atoms with E-state index in [1.807, 2.05) is 27.7 Å². The molecule has 0 aromatic heterocycles. The SMILES string of the molecule is CCC(C)(CCCCC(C)(C)N=C=O)N=C=O. The molecule has 1 unspecified atom stereocenters. The molecule has 0 radical (unpaired) electrons. The van der Waals surface area contributed by atoms with Gasteiger partial charge in [0.2, 0.25) is 12.2 Å². The molecule has 0 rings (SSSR count). The van der Waals surface area contributed by atoms with Gasteiger partial charge in [-0.2, -0.15) is 9.98 Å². The summed E-state index contributed by atoms with van der Waals surface area (Å²) in [6.07, 6.45) is 7.70. The van der Waals surface area contributed by atoms with Gasteiger partial charge in [0.25, 0.3) is 0 Å². The van der Waals surface area contributed by atoms with Gasteiger partial charge >= 0.3 is 0 Å². The number of aliphatic imine (C=N–C) groups is 2. The van der Waals surface area contributed by atoms with Crippen molar-refractivity contribution in [2.75, 3.05) is 0 Å². The Morgan fingerprint density at radius 3 is 1.94 bits per heavy atom. The molecule has 0 saturated heterocycles. The summed E-state index contributed by atoms with van der Waals surface area (Å²) >= 11 is 0. The summed E-state index contributed by atoms with van der Waals surface area (Å²) in [5, 5.41) is 0. The zero-order chi connectivity index (χ0) is 13.4. The van der Waals surface area contributed by atoms with Crippen LogP contribution in [-0.2, 0) is 9.59 Å². The third-order valence-electron chi connectivity index (χ3n) is 3.18. The summed E-state index contributed by atoms with van der Waals surface area (Å²) in [7, 11) is 0. The molecule has 4 nitrogen and oxygen atoms in total. The van der Waals surface area contributed by atoms with E-state index in [-0.39, 0.29) is 11.1 Å². The number of nitrogens with zero attached hydrogens (tertiary/aromatic N) is 2. The third-order valence-corrected chi connectivity index (χ3v) is 3.18. The number of hydrogen-bond acceptors (Lipinski definition) is 4. The summed E-state index contributed by atoms with van der Waals surface area (Å²) in [4.78, 5) is 28.1. The van der Waals surface area contributed by atoms with Gasteiger partial charge in [0.05, 0.1) is 11.1 Å². The Hall–Kier alpha value is -1.24. The van der Waals surface area contributed by atoms with Gasteiger partial charge in [0, 0.05) is 0 Å². The monoisotopic (exact) mass is 238 g/mol. The number of rotatable bonds is 8. The highest BCUT2D eigenvalue weighted by molar-refractivity contribution is 5.34. The zero-order valence-electron chi connectivity index (χ0n) is 11.2. The Balaban J connectivity index is 4.07. The molecule has 0 heterocycles. The Bertz CT molecular complexity index is 326. The van der Waals surface area contributed by atoms with Crippen molar-refractivity contribution in [3.05, 3.63) is 0 Å². The minimum absolute atomic E-state index is 0.292. The molecule has 0 spiro atoms. The van der Waals surface area contributed by atoms with Crippen LogP contribution in [0.3, 0.4) is 0 Å². The fourth-order valence-electron chi connectivity index (χ4n) is 1.66. The van der Waals surface area contributed by atoms with Gasteiger partial charge in [-0.15, -0.1) is 0 Å². The van der Waals surface area contributed by atoms with Gasteiger partial charge in [0.15, 0.2) is 0 Å². The van der Waals surface area contributed by atoms with Crippen LogP contribution in [0.2, 0.25) is 0 Å². The van der Waals surface area contributed by atoms with Crippen LogP contribution in [0.4, 0.5) is 0 Å². The van der Waals surface area contributed by atoms with E-state index in [4.69, 9.17) is 0 Å². The molecular weight excluding hydrogens is 216 g/mol. The second kappa shape index (κ2) is 7.16. The fraction of sp³-hybridized carbons (Fsp3) is 0.846. The Kier molecular flexibility index (Phi) is 6.64. The quantitative estimate of drug-likeness (QED) is 0.370. The van der Waals surface area contributed by atoms with Gasteiger partial charge in [0.1, 0.15) is 0 Å². The lowest BCUT2D eigenvalue weighted by Gasteiger charge is -2.22. The zero-order valence-corrected chi connectivity index (χ0v) is 11.2. The van der Waals surface area contributed by atoms with Gasteiger partial charge in [-0.25, -0.2) is 9.59 Å². The van der Waals surface area contributed by atoms with Crippen LogP contribution in [0, 0.1) is 0 Å². The summed E-state index contributed by atoms with van der Waals surface area (Å²) in [6, 6.07) is 0. The van der Waals surface area contributed by atoms with Crippen molar-refractivity contribution in [1.29, 1.82) is 0 Å². The molecule has 0 saturated carbocycles. The Morgan fingerprint density at radius 1 is 0.941 bits per heavy atom. The molecule has 4 heteroatoms. The summed E-state index contributed by atoms with van der Waals surface area (Å²) in [6.45, 7) is 7.81. The first-order valence-corrected chi connectivity index (χ1v) is 6.07. The van der Waals surface area contributed by atoms with E-state index in [1.165, 1.54) is 0 Å². The Morgan fingerprint density at radius 2 is 1.47 bits per heavy atom. The van der Waals surface area contributed by atoms with E-state index in [2.05, 4.69) is 9.98 Å². The smallest absolute Gasteiger partial charge is 0.211 e. The fourth-order valence-corrected chi connectivity index (χ4v) is 1.66. The van der Waals surface area contributed by atoms with Crippen LogP contribution in [0.15, 0.2) is 9.98 Å². The molecule has 0 bridgehead atoms. The third kappa shape index (κ3) is 6.83. The first kappa shape index (κ1) is 15.8. The molecule has 1 atom stereocenters. The average molecular weight is 238 g/mol. The number of unbranched alkanes of at least 4 members (excludes halogenated alkanes) is 1. The molecule has 0 aliphatic heterocycles. The first-order chi connectivity index (χ1) is 7.89. The number of carbonyl (C=O) groups excluding carboxylic acids is 2. The maximum atomic E-state index is 10.3. The normalized spacial score (nSPS) is 14.4. The average Bonchev–Trinajstić information content (AvgIpc) is 2.25. The molecule has 0 aliphatic carbocycles. The maximum absolute atomic E-state index is 10.3. The summed E-state index contributed by atoms with van der Waals surface area (Å²) in [5.74, 6) is 0. The number of isocyanates is 2. The minimum Gasteiger partial charge on any atom is -0.211 e. The summed E-state index contributed by atoms with van der Waals surface area (Å²) in [5.41, 5.74) is -0.627. The van der Waals surface area contributed by atoms with Crippen LogP contribution < -0.4 is 0 Å². The van der Waals surface area contributed by atoms with Gasteiger partial charge in [-0.1, -0.05) is 19.8 Å². The van der Waals surface area contributed by atoms with Crippen molar-refractivity contribution in [3.63, 3.8) is 0 Å². The van der Waals surface area contributed by atoms with Gasteiger partial charge < -0.3 is 0 Å². The van der Waals surface area contributed by atoms with Crippen LogP contribution >= 0.6 is 0 Å². The van der Waals surface area contributed by atoms with Gasteiger partial charge in [-0.3, -0.25) is 0 Å². The van der Waals surface area contributed by atoms with Crippen molar-refractivity contribution in [3.8, 4) is 0 Å². The van der Waals surface area contributed by atoms with E-state index in [0.717, 1.165) is 32.1 Å². The van der Waals surface area contributed by atoms with E-state index >= 15 is 0 Å². The lowest BCUT2D eigenvalue weighted by Crippen LogP contribution is -2.21. The van der Waals surface area contributed by atoms with Crippen LogP contribution in [0.25, 0.3) is 0 Å². The van der Waals surface area contributed by atoms with Crippen LogP contribution in [0.5, 0.6) is 0 Å². The van der Waals surface area contributed by atoms with E-state index in [1.54, 1.807) is 12.2 Å². The standard InChI is InChI=1S/C13H22N2O2/c1-5-13(4,15-11-17)9-7-6-8-12(2,3)14-10-16/h5-9H2,1-4H3. The molecule has 0 aromatic rings. The Labute approximate surface area is 103 Å². The predicted octanol–water partition coefficient (Wildman–Crippen LogP) is 3.17. The van der Waals surface area contributed by atoms with E-state index < -0.39 is 0 Å². The van der Waals surface area contributed by atoms with Crippen molar-refractivity contribution in [2.24, 2.45) is 9.98 Å². The molecule has 0 fully saturated rings. The van der Waals surface area contributed by atoms with Crippen LogP contribution in [0.1, 0.15) is 59.8 Å². The largest absolute Gasteiger partial charge is 0.235 e.